The van der Waals surface area contributed by atoms with Crippen molar-refractivity contribution in [3.05, 3.63) is 156 Å². The van der Waals surface area contributed by atoms with Crippen molar-refractivity contribution >= 4 is 61.7 Å². The minimum atomic E-state index is 1.02. The van der Waals surface area contributed by atoms with Crippen molar-refractivity contribution in [2.45, 2.75) is 33.7 Å². The second-order valence-electron chi connectivity index (χ2n) is 11.7. The maximum Gasteiger partial charge on any atom is 0.213 e. The normalized spacial score (nSPS) is 11.6. The van der Waals surface area contributed by atoms with E-state index in [1.54, 1.807) is 0 Å². The van der Waals surface area contributed by atoms with Crippen LogP contribution in [0, 0.1) is 13.8 Å². The molecule has 0 amide bonds. The van der Waals surface area contributed by atoms with E-state index in [9.17, 15) is 0 Å². The standard InChI is InChI=1S/C42H37N2/c1-4-24-43-25-23-32(39-16-7-8-18-42(39)43)19-20-33-28-34-21-22-37(29-41(34)40-17-6-5-15-38(33)40)44(35-13-9-11-30(2)26-35)36-14-10-12-31(3)27-36/h5-23,25-29H,4,24H2,1-3H3/q+1. The van der Waals surface area contributed by atoms with E-state index in [0.717, 1.165) is 30.0 Å². The van der Waals surface area contributed by atoms with Gasteiger partial charge in [0.25, 0.3) is 0 Å². The predicted octanol–water partition coefficient (Wildman–Crippen LogP) is 11.1. The molecule has 0 aliphatic heterocycles. The van der Waals surface area contributed by atoms with E-state index >= 15 is 0 Å². The summed E-state index contributed by atoms with van der Waals surface area (Å²) in [5.41, 5.74) is 9.70. The number of hydrogen-bond donors (Lipinski definition) is 0. The molecule has 2 nitrogen and oxygen atoms in total. The number of benzene rings is 6. The lowest BCUT2D eigenvalue weighted by atomic mass is 9.95. The molecule has 7 aromatic rings. The first-order valence-electron chi connectivity index (χ1n) is 15.6. The quantitative estimate of drug-likeness (QED) is 0.137. The summed E-state index contributed by atoms with van der Waals surface area (Å²) in [5, 5.41) is 6.29. The van der Waals surface area contributed by atoms with Crippen LogP contribution < -0.4 is 9.47 Å². The molecule has 1 aromatic heterocycles. The molecule has 0 spiro atoms. The largest absolute Gasteiger partial charge is 0.310 e. The second kappa shape index (κ2) is 11.8. The molecule has 0 atom stereocenters. The number of fused-ring (bicyclic) bond motifs is 4. The fourth-order valence-electron chi connectivity index (χ4n) is 6.45. The third-order valence-corrected chi connectivity index (χ3v) is 8.52. The van der Waals surface area contributed by atoms with Crippen molar-refractivity contribution in [2.75, 3.05) is 4.90 Å². The Morgan fingerprint density at radius 2 is 1.18 bits per heavy atom. The fourth-order valence-corrected chi connectivity index (χ4v) is 6.45. The third-order valence-electron chi connectivity index (χ3n) is 8.52. The van der Waals surface area contributed by atoms with Gasteiger partial charge < -0.3 is 4.90 Å². The van der Waals surface area contributed by atoms with Crippen LogP contribution in [0.3, 0.4) is 0 Å². The van der Waals surface area contributed by atoms with E-state index in [1.165, 1.54) is 54.7 Å². The summed E-state index contributed by atoms with van der Waals surface area (Å²) in [6.45, 7) is 7.56. The van der Waals surface area contributed by atoms with Crippen molar-refractivity contribution in [1.82, 2.24) is 0 Å². The topological polar surface area (TPSA) is 7.12 Å². The molecule has 0 aliphatic carbocycles. The maximum absolute atomic E-state index is 2.37. The molecule has 44 heavy (non-hydrogen) atoms. The lowest BCUT2D eigenvalue weighted by molar-refractivity contribution is -0.671. The molecule has 2 heteroatoms. The molecular weight excluding hydrogens is 532 g/mol. The number of nitrogens with zero attached hydrogens (tertiary/aromatic N) is 2. The van der Waals surface area contributed by atoms with Crippen molar-refractivity contribution in [3.63, 3.8) is 0 Å². The van der Waals surface area contributed by atoms with Gasteiger partial charge in [0.1, 0.15) is 6.54 Å². The van der Waals surface area contributed by atoms with Gasteiger partial charge >= 0.3 is 0 Å². The molecule has 7 rings (SSSR count). The van der Waals surface area contributed by atoms with Crippen LogP contribution in [0.15, 0.2) is 134 Å². The van der Waals surface area contributed by atoms with Crippen molar-refractivity contribution < 1.29 is 4.57 Å². The number of aromatic nitrogens is 1. The Kier molecular flexibility index (Phi) is 7.42. The number of anilines is 3. The summed E-state index contributed by atoms with van der Waals surface area (Å²) in [6, 6.07) is 46.5. The number of aryl methyl sites for hydroxylation is 3. The van der Waals surface area contributed by atoms with Crippen LogP contribution in [0.4, 0.5) is 17.1 Å². The highest BCUT2D eigenvalue weighted by molar-refractivity contribution is 6.12. The minimum Gasteiger partial charge on any atom is -0.310 e. The molecule has 6 aromatic carbocycles. The van der Waals surface area contributed by atoms with Crippen molar-refractivity contribution in [2.24, 2.45) is 0 Å². The van der Waals surface area contributed by atoms with Crippen LogP contribution in [-0.2, 0) is 6.54 Å². The van der Waals surface area contributed by atoms with Gasteiger partial charge in [-0.1, -0.05) is 85.8 Å². The van der Waals surface area contributed by atoms with E-state index in [2.05, 4.69) is 176 Å². The van der Waals surface area contributed by atoms with E-state index in [-0.39, 0.29) is 0 Å². The molecule has 0 N–H and O–H groups in total. The first-order chi connectivity index (χ1) is 21.6. The summed E-state index contributed by atoms with van der Waals surface area (Å²) in [5.74, 6) is 0. The van der Waals surface area contributed by atoms with Crippen molar-refractivity contribution in [3.8, 4) is 0 Å². The zero-order valence-corrected chi connectivity index (χ0v) is 25.7. The highest BCUT2D eigenvalue weighted by Gasteiger charge is 2.15. The Bertz CT molecular complexity index is 2130. The Morgan fingerprint density at radius 1 is 0.545 bits per heavy atom. The number of pyridine rings is 1. The molecule has 0 radical (unpaired) electrons. The van der Waals surface area contributed by atoms with E-state index in [1.807, 2.05) is 0 Å². The lowest BCUT2D eigenvalue weighted by Crippen LogP contribution is -2.33. The molecule has 0 fully saturated rings. The Morgan fingerprint density at radius 3 is 1.89 bits per heavy atom. The van der Waals surface area contributed by atoms with Gasteiger partial charge in [0.15, 0.2) is 6.20 Å². The SMILES string of the molecule is CCC[n+]1ccc(/C=C/c2cc3ccc(N(c4cccc(C)c4)c4cccc(C)c4)cc3c3ccccc23)c2ccccc21. The summed E-state index contributed by atoms with van der Waals surface area (Å²) >= 11 is 0. The average molecular weight is 570 g/mol. The molecular formula is C42H37N2+. The molecule has 0 bridgehead atoms. The van der Waals surface area contributed by atoms with Gasteiger partial charge in [0.2, 0.25) is 5.52 Å². The fraction of sp³-hybridized carbons (Fsp3) is 0.119. The third kappa shape index (κ3) is 5.24. The number of para-hydroxylation sites is 1. The van der Waals surface area contributed by atoms with Crippen LogP contribution in [0.2, 0.25) is 0 Å². The first kappa shape index (κ1) is 27.6. The second-order valence-corrected chi connectivity index (χ2v) is 11.7. The van der Waals surface area contributed by atoms with Crippen molar-refractivity contribution in [1.29, 1.82) is 0 Å². The monoisotopic (exact) mass is 569 g/mol. The van der Waals surface area contributed by atoms with E-state index in [0.29, 0.717) is 0 Å². The molecule has 0 saturated carbocycles. The lowest BCUT2D eigenvalue weighted by Gasteiger charge is -2.26. The minimum absolute atomic E-state index is 1.02. The van der Waals surface area contributed by atoms with Gasteiger partial charge in [-0.15, -0.1) is 0 Å². The van der Waals surface area contributed by atoms with Crippen LogP contribution in [0.1, 0.15) is 35.6 Å². The van der Waals surface area contributed by atoms with E-state index < -0.39 is 0 Å². The van der Waals surface area contributed by atoms with Gasteiger partial charge in [-0.3, -0.25) is 0 Å². The molecule has 214 valence electrons. The highest BCUT2D eigenvalue weighted by Crippen LogP contribution is 2.39. The van der Waals surface area contributed by atoms with Crippen LogP contribution >= 0.6 is 0 Å². The van der Waals surface area contributed by atoms with Crippen LogP contribution in [0.5, 0.6) is 0 Å². The van der Waals surface area contributed by atoms with Gasteiger partial charge in [0, 0.05) is 35.6 Å². The van der Waals surface area contributed by atoms with Gasteiger partial charge in [0.05, 0.1) is 5.39 Å². The molecule has 0 saturated heterocycles. The molecule has 0 aliphatic rings. The summed E-state index contributed by atoms with van der Waals surface area (Å²) in [6.07, 6.45) is 7.90. The van der Waals surface area contributed by atoms with Gasteiger partial charge in [-0.05, 0) is 106 Å². The zero-order chi connectivity index (χ0) is 30.0. The summed E-state index contributed by atoms with van der Waals surface area (Å²) in [4.78, 5) is 2.37. The zero-order valence-electron chi connectivity index (χ0n) is 25.7. The van der Waals surface area contributed by atoms with Crippen LogP contribution in [-0.4, -0.2) is 0 Å². The van der Waals surface area contributed by atoms with Gasteiger partial charge in [-0.25, -0.2) is 0 Å². The Balaban J connectivity index is 1.36. The number of hydrogen-bond acceptors (Lipinski definition) is 1. The summed E-state index contributed by atoms with van der Waals surface area (Å²) in [7, 11) is 0. The summed E-state index contributed by atoms with van der Waals surface area (Å²) < 4.78 is 2.35. The molecule has 0 unspecified atom stereocenters. The molecule has 1 heterocycles. The average Bonchev–Trinajstić information content (AvgIpc) is 3.05. The number of rotatable bonds is 7. The Labute approximate surface area is 260 Å². The van der Waals surface area contributed by atoms with E-state index in [4.69, 9.17) is 0 Å². The predicted molar refractivity (Wildman–Crippen MR) is 189 cm³/mol. The van der Waals surface area contributed by atoms with Gasteiger partial charge in [-0.2, -0.15) is 4.57 Å². The highest BCUT2D eigenvalue weighted by atomic mass is 15.1. The maximum atomic E-state index is 2.37. The van der Waals surface area contributed by atoms with Crippen LogP contribution in [0.25, 0.3) is 44.6 Å². The Hall–Kier alpha value is -5.21. The smallest absolute Gasteiger partial charge is 0.213 e. The first-order valence-corrected chi connectivity index (χ1v) is 15.6.